The van der Waals surface area contributed by atoms with Crippen LogP contribution in [0, 0.1) is 23.7 Å². The third-order valence-electron chi connectivity index (χ3n) is 3.65. The van der Waals surface area contributed by atoms with E-state index >= 15 is 0 Å². The van der Waals surface area contributed by atoms with Crippen molar-refractivity contribution < 1.29 is 0 Å². The SMILES string of the molecule is CC1C[C@H](C)C2CCC=CC12. The molecule has 0 bridgehead atoms. The largest absolute Gasteiger partial charge is 0.0882 e. The van der Waals surface area contributed by atoms with Crippen molar-refractivity contribution in [1.29, 1.82) is 0 Å². The van der Waals surface area contributed by atoms with Crippen LogP contribution in [0.3, 0.4) is 0 Å². The molecule has 2 aliphatic rings. The monoisotopic (exact) mass is 150 g/mol. The predicted molar refractivity (Wildman–Crippen MR) is 48.3 cm³/mol. The molecule has 2 aliphatic carbocycles. The minimum absolute atomic E-state index is 0.929. The number of rotatable bonds is 0. The highest BCUT2D eigenvalue weighted by Crippen LogP contribution is 2.46. The van der Waals surface area contributed by atoms with Gasteiger partial charge in [0.15, 0.2) is 0 Å². The number of hydrogen-bond acceptors (Lipinski definition) is 0. The van der Waals surface area contributed by atoms with E-state index in [2.05, 4.69) is 26.0 Å². The van der Waals surface area contributed by atoms with Gasteiger partial charge in [0.2, 0.25) is 0 Å². The van der Waals surface area contributed by atoms with E-state index in [-0.39, 0.29) is 0 Å². The zero-order valence-corrected chi connectivity index (χ0v) is 7.59. The summed E-state index contributed by atoms with van der Waals surface area (Å²) in [5.41, 5.74) is 0. The molecule has 0 aromatic heterocycles. The van der Waals surface area contributed by atoms with Crippen molar-refractivity contribution in [2.24, 2.45) is 23.7 Å². The fraction of sp³-hybridized carbons (Fsp3) is 0.818. The molecule has 11 heavy (non-hydrogen) atoms. The first kappa shape index (κ1) is 7.39. The molecule has 0 spiro atoms. The fourth-order valence-electron chi connectivity index (χ4n) is 3.07. The Balaban J connectivity index is 2.17. The van der Waals surface area contributed by atoms with Crippen LogP contribution in [0.15, 0.2) is 12.2 Å². The summed E-state index contributed by atoms with van der Waals surface area (Å²) < 4.78 is 0. The molecule has 0 aromatic rings. The van der Waals surface area contributed by atoms with Gasteiger partial charge in [-0.25, -0.2) is 0 Å². The topological polar surface area (TPSA) is 0 Å². The van der Waals surface area contributed by atoms with Crippen molar-refractivity contribution in [3.63, 3.8) is 0 Å². The van der Waals surface area contributed by atoms with Crippen LogP contribution < -0.4 is 0 Å². The highest BCUT2D eigenvalue weighted by Gasteiger charge is 2.37. The molecule has 62 valence electrons. The third kappa shape index (κ3) is 1.13. The van der Waals surface area contributed by atoms with Gasteiger partial charge in [-0.1, -0.05) is 26.0 Å². The van der Waals surface area contributed by atoms with Gasteiger partial charge in [0.05, 0.1) is 0 Å². The zero-order valence-electron chi connectivity index (χ0n) is 7.59. The predicted octanol–water partition coefficient (Wildman–Crippen LogP) is 3.24. The number of allylic oxidation sites excluding steroid dienone is 2. The highest BCUT2D eigenvalue weighted by atomic mass is 14.4. The molecular formula is C11H18. The molecule has 0 N–H and O–H groups in total. The van der Waals surface area contributed by atoms with Crippen molar-refractivity contribution in [2.45, 2.75) is 33.1 Å². The number of hydrogen-bond donors (Lipinski definition) is 0. The first-order chi connectivity index (χ1) is 5.29. The Bertz CT molecular complexity index is 169. The zero-order chi connectivity index (χ0) is 7.84. The van der Waals surface area contributed by atoms with Crippen molar-refractivity contribution in [2.75, 3.05) is 0 Å². The highest BCUT2D eigenvalue weighted by molar-refractivity contribution is 5.03. The summed E-state index contributed by atoms with van der Waals surface area (Å²) in [4.78, 5) is 0. The van der Waals surface area contributed by atoms with Crippen LogP contribution in [-0.2, 0) is 0 Å². The van der Waals surface area contributed by atoms with Crippen LogP contribution in [0.2, 0.25) is 0 Å². The van der Waals surface area contributed by atoms with Crippen LogP contribution in [-0.4, -0.2) is 0 Å². The molecule has 1 saturated carbocycles. The van der Waals surface area contributed by atoms with Crippen LogP contribution in [0.4, 0.5) is 0 Å². The molecule has 1 fully saturated rings. The van der Waals surface area contributed by atoms with Crippen molar-refractivity contribution in [1.82, 2.24) is 0 Å². The molecule has 0 heteroatoms. The van der Waals surface area contributed by atoms with E-state index in [0.717, 1.165) is 23.7 Å². The summed E-state index contributed by atoms with van der Waals surface area (Å²) in [7, 11) is 0. The molecule has 0 nitrogen and oxygen atoms in total. The molecule has 4 atom stereocenters. The molecular weight excluding hydrogens is 132 g/mol. The van der Waals surface area contributed by atoms with Gasteiger partial charge < -0.3 is 0 Å². The van der Waals surface area contributed by atoms with Gasteiger partial charge in [0.25, 0.3) is 0 Å². The van der Waals surface area contributed by atoms with Crippen molar-refractivity contribution in [3.05, 3.63) is 12.2 Å². The molecule has 0 saturated heterocycles. The molecule has 2 rings (SSSR count). The van der Waals surface area contributed by atoms with Crippen molar-refractivity contribution >= 4 is 0 Å². The normalized spacial score (nSPS) is 49.3. The molecule has 0 amide bonds. The fourth-order valence-corrected chi connectivity index (χ4v) is 3.07. The minimum Gasteiger partial charge on any atom is -0.0882 e. The lowest BCUT2D eigenvalue weighted by molar-refractivity contribution is 0.321. The first-order valence-electron chi connectivity index (χ1n) is 4.95. The second kappa shape index (κ2) is 2.66. The van der Waals surface area contributed by atoms with E-state index in [1.54, 1.807) is 0 Å². The standard InChI is InChI=1S/C11H18/c1-8-7-9(2)11-6-4-3-5-10(8)11/h3,5,8-11H,4,6-7H2,1-2H3/t8?,9-,10?,11?/m0/s1. The summed E-state index contributed by atoms with van der Waals surface area (Å²) >= 11 is 0. The lowest BCUT2D eigenvalue weighted by atomic mass is 9.81. The Hall–Kier alpha value is -0.260. The molecule has 0 aliphatic heterocycles. The van der Waals surface area contributed by atoms with E-state index in [9.17, 15) is 0 Å². The minimum atomic E-state index is 0.929. The quantitative estimate of drug-likeness (QED) is 0.465. The Morgan fingerprint density at radius 2 is 2.00 bits per heavy atom. The van der Waals surface area contributed by atoms with Crippen LogP contribution in [0.25, 0.3) is 0 Å². The van der Waals surface area contributed by atoms with Crippen LogP contribution in [0.5, 0.6) is 0 Å². The van der Waals surface area contributed by atoms with Gasteiger partial charge in [0, 0.05) is 0 Å². The average molecular weight is 150 g/mol. The first-order valence-corrected chi connectivity index (χ1v) is 4.95. The lowest BCUT2D eigenvalue weighted by Crippen LogP contribution is -2.16. The molecule has 3 unspecified atom stereocenters. The Labute approximate surface area is 69.7 Å². The molecule has 0 aromatic carbocycles. The maximum atomic E-state index is 2.47. The maximum absolute atomic E-state index is 2.47. The van der Waals surface area contributed by atoms with Gasteiger partial charge in [-0.05, 0) is 42.9 Å². The Morgan fingerprint density at radius 1 is 1.18 bits per heavy atom. The summed E-state index contributed by atoms with van der Waals surface area (Å²) in [6.07, 6.45) is 9.10. The smallest absolute Gasteiger partial charge is 0.0177 e. The lowest BCUT2D eigenvalue weighted by Gasteiger charge is -2.24. The summed E-state index contributed by atoms with van der Waals surface area (Å²) in [6, 6.07) is 0. The average Bonchev–Trinajstić information content (AvgIpc) is 2.30. The summed E-state index contributed by atoms with van der Waals surface area (Å²) in [5.74, 6) is 3.89. The van der Waals surface area contributed by atoms with E-state index in [1.165, 1.54) is 19.3 Å². The van der Waals surface area contributed by atoms with Gasteiger partial charge in [0.1, 0.15) is 0 Å². The second-order valence-electron chi connectivity index (χ2n) is 4.44. The molecule has 0 radical (unpaired) electrons. The van der Waals surface area contributed by atoms with E-state index in [4.69, 9.17) is 0 Å². The number of fused-ring (bicyclic) bond motifs is 1. The molecule has 0 heterocycles. The van der Waals surface area contributed by atoms with Gasteiger partial charge >= 0.3 is 0 Å². The maximum Gasteiger partial charge on any atom is -0.0177 e. The van der Waals surface area contributed by atoms with Gasteiger partial charge in [-0.15, -0.1) is 0 Å². The van der Waals surface area contributed by atoms with Gasteiger partial charge in [-0.3, -0.25) is 0 Å². The van der Waals surface area contributed by atoms with E-state index in [0.29, 0.717) is 0 Å². The van der Waals surface area contributed by atoms with Crippen LogP contribution >= 0.6 is 0 Å². The third-order valence-corrected chi connectivity index (χ3v) is 3.65. The summed E-state index contributed by atoms with van der Waals surface area (Å²) in [6.45, 7) is 4.84. The van der Waals surface area contributed by atoms with E-state index < -0.39 is 0 Å². The summed E-state index contributed by atoms with van der Waals surface area (Å²) in [5, 5.41) is 0. The Kier molecular flexibility index (Phi) is 1.78. The van der Waals surface area contributed by atoms with E-state index in [1.807, 2.05) is 0 Å². The van der Waals surface area contributed by atoms with Crippen LogP contribution in [0.1, 0.15) is 33.1 Å². The van der Waals surface area contributed by atoms with Crippen molar-refractivity contribution in [3.8, 4) is 0 Å². The second-order valence-corrected chi connectivity index (χ2v) is 4.44. The Morgan fingerprint density at radius 3 is 2.73 bits per heavy atom. The van der Waals surface area contributed by atoms with Gasteiger partial charge in [-0.2, -0.15) is 0 Å².